The Balaban J connectivity index is 2.49. The summed E-state index contributed by atoms with van der Waals surface area (Å²) < 4.78 is 13.8. The standard InChI is InChI=1S/C10H15N3O5/c1-10(17)7(15)5(4-14)18-8(10)13-3-2-6(11)12-9(13)16/h2-3,5,7-8,14-15,17H,4H2,1H3,(H2,11,12,16)/t5-,7+,8-,10-/m1/s1/i7D. The highest BCUT2D eigenvalue weighted by Crippen LogP contribution is 2.37. The normalized spacial score (nSPS) is 40.8. The molecule has 2 heterocycles. The lowest BCUT2D eigenvalue weighted by atomic mass is 9.96. The van der Waals surface area contributed by atoms with E-state index < -0.39 is 36.3 Å². The first-order valence-corrected chi connectivity index (χ1v) is 5.27. The Morgan fingerprint density at radius 1 is 1.78 bits per heavy atom. The predicted molar refractivity (Wildman–Crippen MR) is 60.5 cm³/mol. The number of rotatable bonds is 2. The highest BCUT2D eigenvalue weighted by molar-refractivity contribution is 5.23. The molecule has 8 nitrogen and oxygen atoms in total. The first kappa shape index (κ1) is 11.6. The Hall–Kier alpha value is -1.48. The van der Waals surface area contributed by atoms with E-state index in [-0.39, 0.29) is 5.82 Å². The van der Waals surface area contributed by atoms with E-state index >= 15 is 0 Å². The van der Waals surface area contributed by atoms with Gasteiger partial charge in [-0.3, -0.25) is 4.57 Å². The Morgan fingerprint density at radius 3 is 2.94 bits per heavy atom. The van der Waals surface area contributed by atoms with E-state index in [1.165, 1.54) is 12.3 Å². The van der Waals surface area contributed by atoms with Crippen LogP contribution in [0.2, 0.25) is 0 Å². The zero-order chi connectivity index (χ0) is 14.4. The van der Waals surface area contributed by atoms with Crippen molar-refractivity contribution < 1.29 is 21.4 Å². The van der Waals surface area contributed by atoms with Gasteiger partial charge in [0.05, 0.1) is 7.98 Å². The van der Waals surface area contributed by atoms with Crippen LogP contribution >= 0.6 is 0 Å². The molecule has 1 fully saturated rings. The summed E-state index contributed by atoms with van der Waals surface area (Å²) in [7, 11) is 0. The van der Waals surface area contributed by atoms with E-state index in [4.69, 9.17) is 16.9 Å². The zero-order valence-corrected chi connectivity index (χ0v) is 9.65. The fraction of sp³-hybridized carbons (Fsp3) is 0.600. The maximum Gasteiger partial charge on any atom is 0.351 e. The van der Waals surface area contributed by atoms with Crippen molar-refractivity contribution in [1.82, 2.24) is 9.55 Å². The van der Waals surface area contributed by atoms with Gasteiger partial charge >= 0.3 is 5.69 Å². The third-order valence-electron chi connectivity index (χ3n) is 2.87. The van der Waals surface area contributed by atoms with Crippen molar-refractivity contribution in [3.05, 3.63) is 22.7 Å². The van der Waals surface area contributed by atoms with Crippen LogP contribution in [0, 0.1) is 0 Å². The molecule has 1 aromatic heterocycles. The van der Waals surface area contributed by atoms with Crippen LogP contribution in [0.25, 0.3) is 0 Å². The molecule has 0 saturated carbocycles. The van der Waals surface area contributed by atoms with E-state index in [1.54, 1.807) is 0 Å². The van der Waals surface area contributed by atoms with Crippen molar-refractivity contribution in [2.75, 3.05) is 12.3 Å². The average Bonchev–Trinajstić information content (AvgIpc) is 2.47. The zero-order valence-electron chi connectivity index (χ0n) is 10.6. The second kappa shape index (κ2) is 4.32. The number of aliphatic hydroxyl groups is 3. The number of nitrogens with zero attached hydrogens (tertiary/aromatic N) is 2. The van der Waals surface area contributed by atoms with Gasteiger partial charge in [0.25, 0.3) is 0 Å². The van der Waals surface area contributed by atoms with Gasteiger partial charge < -0.3 is 25.8 Å². The van der Waals surface area contributed by atoms with Crippen LogP contribution in [0.15, 0.2) is 17.1 Å². The fourth-order valence-electron chi connectivity index (χ4n) is 1.88. The van der Waals surface area contributed by atoms with E-state index in [0.29, 0.717) is 0 Å². The minimum absolute atomic E-state index is 0.00117. The topological polar surface area (TPSA) is 131 Å². The number of anilines is 1. The summed E-state index contributed by atoms with van der Waals surface area (Å²) in [4.78, 5) is 15.2. The van der Waals surface area contributed by atoms with Crippen LogP contribution in [0.4, 0.5) is 5.82 Å². The number of nitrogens with two attached hydrogens (primary N) is 1. The van der Waals surface area contributed by atoms with Gasteiger partial charge in [0.2, 0.25) is 0 Å². The molecule has 18 heavy (non-hydrogen) atoms. The molecule has 1 saturated heterocycles. The molecule has 100 valence electrons. The van der Waals surface area contributed by atoms with Gasteiger partial charge in [-0.05, 0) is 13.0 Å². The minimum atomic E-state index is -2.47. The third-order valence-corrected chi connectivity index (χ3v) is 2.87. The Morgan fingerprint density at radius 2 is 2.44 bits per heavy atom. The molecule has 1 aliphatic rings. The molecule has 1 aromatic rings. The Labute approximate surface area is 104 Å². The second-order valence-electron chi connectivity index (χ2n) is 4.23. The van der Waals surface area contributed by atoms with Gasteiger partial charge in [0, 0.05) is 6.20 Å². The van der Waals surface area contributed by atoms with Crippen LogP contribution < -0.4 is 11.4 Å². The molecule has 0 spiro atoms. The summed E-state index contributed by atoms with van der Waals surface area (Å²) in [6, 6.07) is 1.32. The molecule has 0 aromatic carbocycles. The van der Waals surface area contributed by atoms with Gasteiger partial charge in [-0.15, -0.1) is 0 Å². The SMILES string of the molecule is [2H][C@]1(O)[C@@H](CO)O[C@@H](n2ccc(N)nc2=O)[C@]1(C)O. The molecule has 8 heteroatoms. The summed E-state index contributed by atoms with van der Waals surface area (Å²) in [5.41, 5.74) is 2.45. The number of aromatic nitrogens is 2. The molecule has 0 amide bonds. The summed E-state index contributed by atoms with van der Waals surface area (Å²) in [5, 5.41) is 29.2. The molecule has 0 radical (unpaired) electrons. The maximum absolute atomic E-state index is 11.7. The lowest BCUT2D eigenvalue weighted by molar-refractivity contribution is -0.0986. The van der Waals surface area contributed by atoms with E-state index in [0.717, 1.165) is 11.5 Å². The van der Waals surface area contributed by atoms with E-state index in [1.807, 2.05) is 0 Å². The van der Waals surface area contributed by atoms with Gasteiger partial charge in [0.1, 0.15) is 23.6 Å². The maximum atomic E-state index is 11.7. The van der Waals surface area contributed by atoms with Crippen molar-refractivity contribution in [2.24, 2.45) is 0 Å². The van der Waals surface area contributed by atoms with Crippen molar-refractivity contribution in [1.29, 1.82) is 0 Å². The highest BCUT2D eigenvalue weighted by atomic mass is 16.6. The van der Waals surface area contributed by atoms with Gasteiger partial charge in [-0.2, -0.15) is 4.98 Å². The van der Waals surface area contributed by atoms with Crippen molar-refractivity contribution in [2.45, 2.75) is 30.9 Å². The monoisotopic (exact) mass is 258 g/mol. The summed E-state index contributed by atoms with van der Waals surface area (Å²) >= 11 is 0. The van der Waals surface area contributed by atoms with E-state index in [2.05, 4.69) is 4.98 Å². The molecule has 0 unspecified atom stereocenters. The molecular weight excluding hydrogens is 242 g/mol. The largest absolute Gasteiger partial charge is 0.394 e. The summed E-state index contributed by atoms with van der Waals surface area (Å²) in [5.74, 6) is -0.00117. The molecule has 4 atom stereocenters. The second-order valence-corrected chi connectivity index (χ2v) is 4.23. The number of ether oxygens (including phenoxy) is 1. The Kier molecular flexibility index (Phi) is 2.78. The Bertz CT molecular complexity index is 544. The van der Waals surface area contributed by atoms with Crippen molar-refractivity contribution in [3.63, 3.8) is 0 Å². The van der Waals surface area contributed by atoms with Crippen LogP contribution in [-0.4, -0.2) is 49.3 Å². The lowest BCUT2D eigenvalue weighted by Crippen LogP contribution is -2.46. The number of nitrogen functional groups attached to an aromatic ring is 1. The van der Waals surface area contributed by atoms with Gasteiger partial charge in [0.15, 0.2) is 6.23 Å². The summed E-state index contributed by atoms with van der Waals surface area (Å²) in [6.07, 6.45) is -3.93. The number of hydrogen-bond acceptors (Lipinski definition) is 7. The molecule has 1 aliphatic heterocycles. The molecule has 0 bridgehead atoms. The minimum Gasteiger partial charge on any atom is -0.394 e. The first-order chi connectivity index (χ1) is 8.71. The van der Waals surface area contributed by atoms with Crippen LogP contribution in [0.5, 0.6) is 0 Å². The van der Waals surface area contributed by atoms with Crippen molar-refractivity contribution in [3.8, 4) is 0 Å². The summed E-state index contributed by atoms with van der Waals surface area (Å²) in [6.45, 7) is 0.465. The fourth-order valence-corrected chi connectivity index (χ4v) is 1.88. The lowest BCUT2D eigenvalue weighted by Gasteiger charge is -2.27. The van der Waals surface area contributed by atoms with E-state index in [9.17, 15) is 15.0 Å². The molecule has 2 rings (SSSR count). The van der Waals surface area contributed by atoms with Crippen molar-refractivity contribution >= 4 is 5.82 Å². The van der Waals surface area contributed by atoms with Gasteiger partial charge in [-0.25, -0.2) is 4.79 Å². The predicted octanol–water partition coefficient (Wildman–Crippen LogP) is -2.17. The first-order valence-electron chi connectivity index (χ1n) is 5.77. The molecule has 0 aliphatic carbocycles. The number of hydrogen-bond donors (Lipinski definition) is 4. The average molecular weight is 258 g/mol. The smallest absolute Gasteiger partial charge is 0.351 e. The quantitative estimate of drug-likeness (QED) is 0.474. The molecule has 5 N–H and O–H groups in total. The molecular formula is C10H15N3O5. The van der Waals surface area contributed by atoms with Crippen LogP contribution in [0.1, 0.15) is 14.5 Å². The van der Waals surface area contributed by atoms with Crippen LogP contribution in [-0.2, 0) is 4.74 Å². The van der Waals surface area contributed by atoms with Gasteiger partial charge in [-0.1, -0.05) is 0 Å². The van der Waals surface area contributed by atoms with Crippen LogP contribution in [0.3, 0.4) is 0 Å². The third kappa shape index (κ3) is 1.89. The highest BCUT2D eigenvalue weighted by Gasteiger charge is 2.53. The number of aliphatic hydroxyl groups excluding tert-OH is 1.